The number of anilines is 1. The number of hydrogen-bond acceptors (Lipinski definition) is 7. The van der Waals surface area contributed by atoms with E-state index in [0.717, 1.165) is 22.4 Å². The Balaban J connectivity index is 1.26. The van der Waals surface area contributed by atoms with Gasteiger partial charge in [0.2, 0.25) is 11.6 Å². The van der Waals surface area contributed by atoms with Crippen molar-refractivity contribution in [2.45, 2.75) is 27.4 Å². The number of rotatable bonds is 6. The molecule has 0 spiro atoms. The highest BCUT2D eigenvalue weighted by Crippen LogP contribution is 2.31. The predicted molar refractivity (Wildman–Crippen MR) is 138 cm³/mol. The van der Waals surface area contributed by atoms with Crippen molar-refractivity contribution in [1.82, 2.24) is 9.88 Å². The summed E-state index contributed by atoms with van der Waals surface area (Å²) in [7, 11) is 0. The molecule has 0 aliphatic carbocycles. The Bertz CT molecular complexity index is 1470. The second kappa shape index (κ2) is 10.2. The summed E-state index contributed by atoms with van der Waals surface area (Å²) in [6.45, 7) is 8.34. The highest BCUT2D eigenvalue weighted by Gasteiger charge is 2.28. The molecule has 2 aromatic carbocycles. The SMILES string of the molecule is Cc1ccc(C)c(OCc2ccc(-c3nc(C#N)c(N4CCN(C(=O)c5ccccc5C)CC4)o3)o2)c1. The van der Waals surface area contributed by atoms with Crippen LogP contribution in [0, 0.1) is 32.1 Å². The number of aromatic nitrogens is 1. The van der Waals surface area contributed by atoms with Gasteiger partial charge in [-0.2, -0.15) is 10.2 Å². The van der Waals surface area contributed by atoms with Gasteiger partial charge in [0.05, 0.1) is 0 Å². The molecular formula is C29H28N4O4. The van der Waals surface area contributed by atoms with Gasteiger partial charge in [-0.3, -0.25) is 4.79 Å². The molecule has 8 nitrogen and oxygen atoms in total. The van der Waals surface area contributed by atoms with Gasteiger partial charge in [-0.1, -0.05) is 30.3 Å². The molecule has 0 saturated carbocycles. The molecule has 8 heteroatoms. The van der Waals surface area contributed by atoms with Crippen LogP contribution in [0.5, 0.6) is 5.75 Å². The molecular weight excluding hydrogens is 468 g/mol. The number of piperazine rings is 1. The maximum atomic E-state index is 13.0. The summed E-state index contributed by atoms with van der Waals surface area (Å²) >= 11 is 0. The quantitative estimate of drug-likeness (QED) is 0.359. The van der Waals surface area contributed by atoms with E-state index < -0.39 is 0 Å². The van der Waals surface area contributed by atoms with Crippen molar-refractivity contribution in [3.05, 3.63) is 88.3 Å². The molecule has 37 heavy (non-hydrogen) atoms. The Morgan fingerprint density at radius 1 is 1.00 bits per heavy atom. The highest BCUT2D eigenvalue weighted by atomic mass is 16.5. The molecule has 1 amide bonds. The topological polar surface area (TPSA) is 95.7 Å². The highest BCUT2D eigenvalue weighted by molar-refractivity contribution is 5.95. The first-order valence-corrected chi connectivity index (χ1v) is 12.2. The minimum absolute atomic E-state index is 0.0164. The Morgan fingerprint density at radius 2 is 1.78 bits per heavy atom. The van der Waals surface area contributed by atoms with Gasteiger partial charge >= 0.3 is 0 Å². The van der Waals surface area contributed by atoms with Gasteiger partial charge in [0.15, 0.2) is 5.76 Å². The fourth-order valence-electron chi connectivity index (χ4n) is 4.38. The minimum Gasteiger partial charge on any atom is -0.485 e. The molecule has 0 atom stereocenters. The molecule has 0 bridgehead atoms. The lowest BCUT2D eigenvalue weighted by Gasteiger charge is -2.34. The first kappa shape index (κ1) is 24.2. The molecule has 1 aliphatic heterocycles. The lowest BCUT2D eigenvalue weighted by molar-refractivity contribution is 0.0744. The summed E-state index contributed by atoms with van der Waals surface area (Å²) in [6, 6.07) is 19.3. The van der Waals surface area contributed by atoms with Crippen molar-refractivity contribution in [3.63, 3.8) is 0 Å². The number of amides is 1. The van der Waals surface area contributed by atoms with E-state index in [4.69, 9.17) is 13.6 Å². The smallest absolute Gasteiger partial charge is 0.266 e. The van der Waals surface area contributed by atoms with Crippen LogP contribution < -0.4 is 9.64 Å². The Labute approximate surface area is 215 Å². The predicted octanol–water partition coefficient (Wildman–Crippen LogP) is 5.27. The molecule has 1 saturated heterocycles. The van der Waals surface area contributed by atoms with E-state index in [2.05, 4.69) is 11.1 Å². The van der Waals surface area contributed by atoms with E-state index in [9.17, 15) is 10.1 Å². The average Bonchev–Trinajstić information content (AvgIpc) is 3.56. The number of nitriles is 1. The second-order valence-electron chi connectivity index (χ2n) is 9.20. The minimum atomic E-state index is 0.0164. The number of hydrogen-bond donors (Lipinski definition) is 0. The summed E-state index contributed by atoms with van der Waals surface area (Å²) in [5, 5.41) is 9.68. The molecule has 3 heterocycles. The van der Waals surface area contributed by atoms with E-state index >= 15 is 0 Å². The third kappa shape index (κ3) is 5.07. The number of benzene rings is 2. The standard InChI is InChI=1S/C29H28N4O4/c1-19-8-9-21(3)26(16-19)35-18-22-10-11-25(36-22)27-31-24(17-30)29(37-27)33-14-12-32(13-15-33)28(34)23-7-5-4-6-20(23)2/h4-11,16H,12-15,18H2,1-3H3. The zero-order chi connectivity index (χ0) is 25.9. The van der Waals surface area contributed by atoms with Crippen LogP contribution in [0.1, 0.15) is 38.5 Å². The van der Waals surface area contributed by atoms with Crippen LogP contribution in [0.15, 0.2) is 63.4 Å². The van der Waals surface area contributed by atoms with Gasteiger partial charge in [-0.15, -0.1) is 0 Å². The zero-order valence-electron chi connectivity index (χ0n) is 21.2. The van der Waals surface area contributed by atoms with Gasteiger partial charge in [-0.25, -0.2) is 0 Å². The van der Waals surface area contributed by atoms with E-state index in [-0.39, 0.29) is 24.1 Å². The molecule has 1 fully saturated rings. The van der Waals surface area contributed by atoms with Gasteiger partial charge < -0.3 is 23.4 Å². The number of nitrogens with zero attached hydrogens (tertiary/aromatic N) is 4. The lowest BCUT2D eigenvalue weighted by Crippen LogP contribution is -2.49. The summed E-state index contributed by atoms with van der Waals surface area (Å²) < 4.78 is 17.8. The van der Waals surface area contributed by atoms with E-state index in [0.29, 0.717) is 49.1 Å². The van der Waals surface area contributed by atoms with Crippen LogP contribution >= 0.6 is 0 Å². The number of carbonyl (C=O) groups excluding carboxylic acids is 1. The summed E-state index contributed by atoms with van der Waals surface area (Å²) in [5.74, 6) is 2.51. The first-order valence-electron chi connectivity index (χ1n) is 12.2. The summed E-state index contributed by atoms with van der Waals surface area (Å²) in [5.41, 5.74) is 4.04. The Morgan fingerprint density at radius 3 is 2.54 bits per heavy atom. The maximum absolute atomic E-state index is 13.0. The van der Waals surface area contributed by atoms with Crippen LogP contribution in [-0.2, 0) is 6.61 Å². The van der Waals surface area contributed by atoms with E-state index in [1.807, 2.05) is 79.1 Å². The molecule has 2 aromatic heterocycles. The van der Waals surface area contributed by atoms with Crippen molar-refractivity contribution in [2.75, 3.05) is 31.1 Å². The third-order valence-electron chi connectivity index (χ3n) is 6.53. The number of carbonyl (C=O) groups is 1. The Kier molecular flexibility index (Phi) is 6.69. The van der Waals surface area contributed by atoms with Crippen LogP contribution in [0.25, 0.3) is 11.7 Å². The van der Waals surface area contributed by atoms with Crippen molar-refractivity contribution in [3.8, 4) is 23.5 Å². The molecule has 5 rings (SSSR count). The fraction of sp³-hybridized carbons (Fsp3) is 0.276. The maximum Gasteiger partial charge on any atom is 0.266 e. The Hall–Kier alpha value is -4.51. The summed E-state index contributed by atoms with van der Waals surface area (Å²) in [4.78, 5) is 21.1. The molecule has 1 aliphatic rings. The van der Waals surface area contributed by atoms with Crippen molar-refractivity contribution >= 4 is 11.8 Å². The van der Waals surface area contributed by atoms with Gasteiger partial charge in [0.25, 0.3) is 11.8 Å². The molecule has 0 unspecified atom stereocenters. The van der Waals surface area contributed by atoms with Gasteiger partial charge in [0.1, 0.15) is 24.2 Å². The van der Waals surface area contributed by atoms with Crippen LogP contribution in [0.2, 0.25) is 0 Å². The monoisotopic (exact) mass is 496 g/mol. The molecule has 0 radical (unpaired) electrons. The number of aryl methyl sites for hydroxylation is 3. The largest absolute Gasteiger partial charge is 0.485 e. The number of oxazole rings is 1. The van der Waals surface area contributed by atoms with Gasteiger partial charge in [0, 0.05) is 31.7 Å². The lowest BCUT2D eigenvalue weighted by atomic mass is 10.1. The molecule has 188 valence electrons. The fourth-order valence-corrected chi connectivity index (χ4v) is 4.38. The third-order valence-corrected chi connectivity index (χ3v) is 6.53. The first-order chi connectivity index (χ1) is 17.9. The van der Waals surface area contributed by atoms with Crippen molar-refractivity contribution in [2.24, 2.45) is 0 Å². The number of ether oxygens (including phenoxy) is 1. The molecule has 0 N–H and O–H groups in total. The normalized spacial score (nSPS) is 13.5. The van der Waals surface area contributed by atoms with Crippen LogP contribution in [0.3, 0.4) is 0 Å². The zero-order valence-corrected chi connectivity index (χ0v) is 21.2. The second-order valence-corrected chi connectivity index (χ2v) is 9.20. The van der Waals surface area contributed by atoms with Crippen LogP contribution in [0.4, 0.5) is 5.88 Å². The number of furan rings is 1. The summed E-state index contributed by atoms with van der Waals surface area (Å²) in [6.07, 6.45) is 0. The van der Waals surface area contributed by atoms with E-state index in [1.165, 1.54) is 0 Å². The average molecular weight is 497 g/mol. The van der Waals surface area contributed by atoms with Gasteiger partial charge in [-0.05, 0) is 61.7 Å². The van der Waals surface area contributed by atoms with Crippen LogP contribution in [-0.4, -0.2) is 42.0 Å². The van der Waals surface area contributed by atoms with Crippen molar-refractivity contribution in [1.29, 1.82) is 5.26 Å². The molecule has 4 aromatic rings. The van der Waals surface area contributed by atoms with Crippen molar-refractivity contribution < 1.29 is 18.4 Å². The van der Waals surface area contributed by atoms with E-state index in [1.54, 1.807) is 6.07 Å².